The number of aromatic nitrogens is 3. The van der Waals surface area contributed by atoms with Crippen molar-refractivity contribution in [2.45, 2.75) is 57.8 Å². The Morgan fingerprint density at radius 1 is 0.433 bits per heavy atom. The SMILES string of the molecule is CC(C)(C)c1ccc(C2(c3ccc(C(C)(C)C)cc3)c3ccccc3Oc3cc(-c4ccc(-c5nc(-c6ccccc6)nc(-c6ccc(C#N)cc6)n5)cc4)ccc32)cc1. The Hall–Kier alpha value is -7.16. The van der Waals surface area contributed by atoms with E-state index < -0.39 is 5.41 Å². The maximum absolute atomic E-state index is 9.37. The number of rotatable bonds is 6. The van der Waals surface area contributed by atoms with Crippen LogP contribution in [-0.2, 0) is 16.2 Å². The molecule has 1 aliphatic rings. The molecule has 0 unspecified atom stereocenters. The molecule has 0 amide bonds. The van der Waals surface area contributed by atoms with E-state index in [-0.39, 0.29) is 10.8 Å². The van der Waals surface area contributed by atoms with Crippen LogP contribution in [-0.4, -0.2) is 15.0 Å². The van der Waals surface area contributed by atoms with Crippen LogP contribution in [0, 0.1) is 11.3 Å². The van der Waals surface area contributed by atoms with E-state index in [0.29, 0.717) is 23.0 Å². The van der Waals surface area contributed by atoms with Crippen molar-refractivity contribution in [2.75, 3.05) is 0 Å². The fourth-order valence-electron chi connectivity index (χ4n) is 8.31. The standard InChI is InChI=1S/C55H46N4O/c1-53(2,3)42-25-29-44(30-26-42)55(45-31-27-43(28-32-45)54(4,5)6)46-14-10-11-15-48(46)60-49-34-41(24-33-47(49)55)37-20-22-40(23-21-37)52-58-50(38-12-8-7-9-13-38)57-51(59-52)39-18-16-36(35-56)17-19-39/h7-34H,1-6H3. The summed E-state index contributed by atoms with van der Waals surface area (Å²) in [5, 5.41) is 9.37. The average Bonchev–Trinajstić information content (AvgIpc) is 3.28. The fourth-order valence-corrected chi connectivity index (χ4v) is 8.31. The smallest absolute Gasteiger partial charge is 0.164 e. The molecule has 2 heterocycles. The van der Waals surface area contributed by atoms with Gasteiger partial charge >= 0.3 is 0 Å². The van der Waals surface area contributed by atoms with Gasteiger partial charge in [0.2, 0.25) is 0 Å². The number of nitriles is 1. The number of ether oxygens (including phenoxy) is 1. The molecule has 292 valence electrons. The Kier molecular flexibility index (Phi) is 9.52. The second kappa shape index (κ2) is 14.9. The van der Waals surface area contributed by atoms with Crippen LogP contribution in [0.1, 0.15) is 80.5 Å². The van der Waals surface area contributed by atoms with Crippen molar-refractivity contribution in [3.05, 3.63) is 209 Å². The molecule has 0 fully saturated rings. The van der Waals surface area contributed by atoms with Crippen LogP contribution in [0.25, 0.3) is 45.3 Å². The van der Waals surface area contributed by atoms with Crippen LogP contribution in [0.4, 0.5) is 0 Å². The van der Waals surface area contributed by atoms with Crippen LogP contribution in [0.2, 0.25) is 0 Å². The maximum atomic E-state index is 9.37. The number of fused-ring (bicyclic) bond motifs is 2. The largest absolute Gasteiger partial charge is 0.457 e. The molecule has 9 rings (SSSR count). The van der Waals surface area contributed by atoms with Gasteiger partial charge in [-0.25, -0.2) is 15.0 Å². The van der Waals surface area contributed by atoms with Crippen LogP contribution in [0.15, 0.2) is 170 Å². The molecule has 0 saturated carbocycles. The number of nitrogens with zero attached hydrogens (tertiary/aromatic N) is 4. The monoisotopic (exact) mass is 778 g/mol. The van der Waals surface area contributed by atoms with E-state index in [1.165, 1.54) is 22.3 Å². The molecule has 0 bridgehead atoms. The van der Waals surface area contributed by atoms with Gasteiger partial charge in [-0.1, -0.05) is 175 Å². The van der Waals surface area contributed by atoms with E-state index in [0.717, 1.165) is 50.4 Å². The highest BCUT2D eigenvalue weighted by Gasteiger charge is 2.45. The molecule has 60 heavy (non-hydrogen) atoms. The molecule has 7 aromatic carbocycles. The Balaban J connectivity index is 1.15. The molecule has 0 spiro atoms. The molecule has 0 aliphatic carbocycles. The van der Waals surface area contributed by atoms with Crippen molar-refractivity contribution >= 4 is 0 Å². The molecule has 0 saturated heterocycles. The second-order valence-corrected chi connectivity index (χ2v) is 17.7. The average molecular weight is 779 g/mol. The normalized spacial score (nSPS) is 13.1. The van der Waals surface area contributed by atoms with Crippen LogP contribution < -0.4 is 4.74 Å². The minimum absolute atomic E-state index is 0.0248. The lowest BCUT2D eigenvalue weighted by Crippen LogP contribution is -2.34. The van der Waals surface area contributed by atoms with Crippen LogP contribution in [0.3, 0.4) is 0 Å². The minimum Gasteiger partial charge on any atom is -0.457 e. The van der Waals surface area contributed by atoms with Gasteiger partial charge in [0.1, 0.15) is 11.5 Å². The predicted molar refractivity (Wildman–Crippen MR) is 242 cm³/mol. The van der Waals surface area contributed by atoms with E-state index in [2.05, 4.69) is 163 Å². The zero-order chi connectivity index (χ0) is 41.6. The molecule has 5 nitrogen and oxygen atoms in total. The first kappa shape index (κ1) is 38.4. The zero-order valence-electron chi connectivity index (χ0n) is 34.9. The number of para-hydroxylation sites is 1. The molecule has 0 radical (unpaired) electrons. The lowest BCUT2D eigenvalue weighted by atomic mass is 9.63. The van der Waals surface area contributed by atoms with Crippen LogP contribution >= 0.6 is 0 Å². The Morgan fingerprint density at radius 2 is 0.867 bits per heavy atom. The second-order valence-electron chi connectivity index (χ2n) is 17.7. The highest BCUT2D eigenvalue weighted by Crippen LogP contribution is 2.56. The van der Waals surface area contributed by atoms with Gasteiger partial charge in [-0.3, -0.25) is 0 Å². The summed E-state index contributed by atoms with van der Waals surface area (Å²) in [5.41, 5.74) is 11.9. The summed E-state index contributed by atoms with van der Waals surface area (Å²) in [6.45, 7) is 13.6. The molecule has 5 heteroatoms. The zero-order valence-corrected chi connectivity index (χ0v) is 34.9. The van der Waals surface area contributed by atoms with E-state index >= 15 is 0 Å². The van der Waals surface area contributed by atoms with E-state index in [4.69, 9.17) is 19.7 Å². The molecule has 0 N–H and O–H groups in total. The highest BCUT2D eigenvalue weighted by molar-refractivity contribution is 5.76. The summed E-state index contributed by atoms with van der Waals surface area (Å²) in [6, 6.07) is 61.3. The summed E-state index contributed by atoms with van der Waals surface area (Å²) in [6.07, 6.45) is 0. The molecule has 0 atom stereocenters. The van der Waals surface area contributed by atoms with Gasteiger partial charge in [0.25, 0.3) is 0 Å². The summed E-state index contributed by atoms with van der Waals surface area (Å²) in [7, 11) is 0. The van der Waals surface area contributed by atoms with Crippen molar-refractivity contribution < 1.29 is 4.74 Å². The maximum Gasteiger partial charge on any atom is 0.164 e. The Morgan fingerprint density at radius 3 is 1.38 bits per heavy atom. The van der Waals surface area contributed by atoms with Crippen LogP contribution in [0.5, 0.6) is 11.5 Å². The molecule has 1 aromatic heterocycles. The lowest BCUT2D eigenvalue weighted by molar-refractivity contribution is 0.434. The van der Waals surface area contributed by atoms with E-state index in [1.54, 1.807) is 12.1 Å². The van der Waals surface area contributed by atoms with Gasteiger partial charge in [-0.05, 0) is 80.6 Å². The highest BCUT2D eigenvalue weighted by atomic mass is 16.5. The number of hydrogen-bond donors (Lipinski definition) is 0. The van der Waals surface area contributed by atoms with E-state index in [9.17, 15) is 5.26 Å². The lowest BCUT2D eigenvalue weighted by Gasteiger charge is -2.42. The summed E-state index contributed by atoms with van der Waals surface area (Å²) in [4.78, 5) is 14.7. The fraction of sp³-hybridized carbons (Fsp3) is 0.164. The van der Waals surface area contributed by atoms with Gasteiger partial charge in [0.15, 0.2) is 17.5 Å². The minimum atomic E-state index is -0.624. The molecular formula is C55H46N4O. The summed E-state index contributed by atoms with van der Waals surface area (Å²) >= 11 is 0. The van der Waals surface area contributed by atoms with Crippen molar-refractivity contribution in [1.29, 1.82) is 5.26 Å². The van der Waals surface area contributed by atoms with Crippen molar-refractivity contribution in [1.82, 2.24) is 15.0 Å². The predicted octanol–water partition coefficient (Wildman–Crippen LogP) is 13.5. The summed E-state index contributed by atoms with van der Waals surface area (Å²) in [5.74, 6) is 3.37. The van der Waals surface area contributed by atoms with Gasteiger partial charge < -0.3 is 4.74 Å². The van der Waals surface area contributed by atoms with Gasteiger partial charge in [0, 0.05) is 27.8 Å². The first-order valence-corrected chi connectivity index (χ1v) is 20.5. The first-order valence-electron chi connectivity index (χ1n) is 20.5. The third kappa shape index (κ3) is 6.95. The van der Waals surface area contributed by atoms with Gasteiger partial charge in [0.05, 0.1) is 17.0 Å². The van der Waals surface area contributed by atoms with Crippen molar-refractivity contribution in [2.24, 2.45) is 0 Å². The van der Waals surface area contributed by atoms with E-state index in [1.807, 2.05) is 42.5 Å². The quantitative estimate of drug-likeness (QED) is 0.168. The molecule has 8 aromatic rings. The Labute approximate surface area is 353 Å². The molecule has 1 aliphatic heterocycles. The van der Waals surface area contributed by atoms with Crippen molar-refractivity contribution in [3.8, 4) is 62.9 Å². The number of benzene rings is 7. The topological polar surface area (TPSA) is 71.7 Å². The van der Waals surface area contributed by atoms with Gasteiger partial charge in [-0.15, -0.1) is 0 Å². The summed E-state index contributed by atoms with van der Waals surface area (Å²) < 4.78 is 6.87. The van der Waals surface area contributed by atoms with Gasteiger partial charge in [-0.2, -0.15) is 5.26 Å². The van der Waals surface area contributed by atoms with Crippen molar-refractivity contribution in [3.63, 3.8) is 0 Å². The third-order valence-electron chi connectivity index (χ3n) is 11.7. The first-order chi connectivity index (χ1) is 28.9. The Bertz CT molecular complexity index is 2820. The number of hydrogen-bond acceptors (Lipinski definition) is 5. The molecular weight excluding hydrogens is 733 g/mol. The third-order valence-corrected chi connectivity index (χ3v) is 11.7.